The number of non-ortho nitro benzene ring substituents is 1. The molecule has 0 atom stereocenters. The van der Waals surface area contributed by atoms with Crippen molar-refractivity contribution in [3.05, 3.63) is 88.2 Å². The van der Waals surface area contributed by atoms with Crippen LogP contribution in [0.2, 0.25) is 0 Å². The minimum Gasteiger partial charge on any atom is -0.267 e. The first-order valence-corrected chi connectivity index (χ1v) is 7.50. The Morgan fingerprint density at radius 2 is 1.65 bits per heavy atom. The molecule has 2 aromatic carbocycles. The van der Waals surface area contributed by atoms with Gasteiger partial charge >= 0.3 is 0 Å². The quantitative estimate of drug-likeness (QED) is 0.549. The molecule has 0 radical (unpaired) electrons. The zero-order chi connectivity index (χ0) is 18.5. The van der Waals surface area contributed by atoms with Crippen LogP contribution in [0.5, 0.6) is 0 Å². The maximum Gasteiger partial charge on any atom is 0.272 e. The van der Waals surface area contributed by atoms with Gasteiger partial charge in [-0.1, -0.05) is 24.3 Å². The van der Waals surface area contributed by atoms with Crippen LogP contribution in [0.1, 0.15) is 20.7 Å². The summed E-state index contributed by atoms with van der Waals surface area (Å²) in [5, 5.41) is 14.8. The van der Waals surface area contributed by atoms with Crippen molar-refractivity contribution in [2.45, 2.75) is 0 Å². The lowest BCUT2D eigenvalue weighted by atomic mass is 10.2. The number of hydrazine groups is 1. The molecule has 9 heteroatoms. The van der Waals surface area contributed by atoms with Gasteiger partial charge in [-0.3, -0.25) is 30.6 Å². The highest BCUT2D eigenvalue weighted by Gasteiger charge is 2.14. The maximum absolute atomic E-state index is 12.1. The van der Waals surface area contributed by atoms with Crippen molar-refractivity contribution >= 4 is 17.5 Å². The van der Waals surface area contributed by atoms with Gasteiger partial charge in [0.2, 0.25) is 0 Å². The van der Waals surface area contributed by atoms with E-state index in [0.29, 0.717) is 0 Å². The molecule has 2 N–H and O–H groups in total. The van der Waals surface area contributed by atoms with E-state index in [1.165, 1.54) is 35.3 Å². The fraction of sp³-hybridized carbons (Fsp3) is 0. The Labute approximate surface area is 147 Å². The highest BCUT2D eigenvalue weighted by Crippen LogP contribution is 2.12. The number of carbonyl (C=O) groups is 2. The number of hydrogen-bond acceptors (Lipinski definition) is 5. The summed E-state index contributed by atoms with van der Waals surface area (Å²) in [5.74, 6) is -1.23. The highest BCUT2D eigenvalue weighted by atomic mass is 16.6. The summed E-state index contributed by atoms with van der Waals surface area (Å²) in [5.41, 5.74) is 5.33. The first kappa shape index (κ1) is 16.8. The van der Waals surface area contributed by atoms with E-state index in [1.54, 1.807) is 0 Å². The van der Waals surface area contributed by atoms with Crippen LogP contribution in [-0.4, -0.2) is 26.5 Å². The zero-order valence-corrected chi connectivity index (χ0v) is 13.3. The van der Waals surface area contributed by atoms with Crippen LogP contribution in [0.4, 0.5) is 5.69 Å². The predicted octanol–water partition coefficient (Wildman–Crippen LogP) is 1.86. The monoisotopic (exact) mass is 351 g/mol. The molecule has 0 aliphatic heterocycles. The number of amides is 2. The molecule has 0 fully saturated rings. The third kappa shape index (κ3) is 3.73. The van der Waals surface area contributed by atoms with E-state index in [-0.39, 0.29) is 16.8 Å². The van der Waals surface area contributed by atoms with Crippen LogP contribution in [0, 0.1) is 10.1 Å². The number of para-hydroxylation sites is 1. The predicted molar refractivity (Wildman–Crippen MR) is 91.6 cm³/mol. The first-order valence-electron chi connectivity index (χ1n) is 7.50. The summed E-state index contributed by atoms with van der Waals surface area (Å²) in [6.45, 7) is 0. The van der Waals surface area contributed by atoms with Gasteiger partial charge in [0.05, 0.1) is 22.4 Å². The second-order valence-electron chi connectivity index (χ2n) is 5.22. The molecule has 0 saturated carbocycles. The molecule has 26 heavy (non-hydrogen) atoms. The number of nitro groups is 1. The molecule has 0 saturated heterocycles. The van der Waals surface area contributed by atoms with Crippen molar-refractivity contribution in [2.75, 3.05) is 0 Å². The SMILES string of the molecule is O=C(NNC(=O)c1cnn(-c2ccccc2)c1)c1cccc([N+](=O)[O-])c1. The molecule has 3 rings (SSSR count). The molecule has 0 aliphatic carbocycles. The molecule has 0 spiro atoms. The normalized spacial score (nSPS) is 10.2. The number of benzene rings is 2. The van der Waals surface area contributed by atoms with Gasteiger partial charge in [0.15, 0.2) is 0 Å². The van der Waals surface area contributed by atoms with E-state index in [0.717, 1.165) is 11.8 Å². The summed E-state index contributed by atoms with van der Waals surface area (Å²) in [4.78, 5) is 34.3. The largest absolute Gasteiger partial charge is 0.272 e. The van der Waals surface area contributed by atoms with Crippen molar-refractivity contribution < 1.29 is 14.5 Å². The van der Waals surface area contributed by atoms with Gasteiger partial charge in [-0.05, 0) is 18.2 Å². The van der Waals surface area contributed by atoms with Gasteiger partial charge in [-0.25, -0.2) is 4.68 Å². The molecule has 9 nitrogen and oxygen atoms in total. The van der Waals surface area contributed by atoms with Crippen LogP contribution in [0.3, 0.4) is 0 Å². The number of nitrogens with zero attached hydrogens (tertiary/aromatic N) is 3. The molecule has 3 aromatic rings. The fourth-order valence-electron chi connectivity index (χ4n) is 2.18. The lowest BCUT2D eigenvalue weighted by Crippen LogP contribution is -2.41. The summed E-state index contributed by atoms with van der Waals surface area (Å²) in [6, 6.07) is 14.4. The average Bonchev–Trinajstić information content (AvgIpc) is 3.17. The molecular formula is C17H13N5O4. The van der Waals surface area contributed by atoms with Crippen molar-refractivity contribution in [3.8, 4) is 5.69 Å². The average molecular weight is 351 g/mol. The number of carbonyl (C=O) groups excluding carboxylic acids is 2. The third-order valence-electron chi connectivity index (χ3n) is 3.47. The van der Waals surface area contributed by atoms with E-state index in [1.807, 2.05) is 30.3 Å². The van der Waals surface area contributed by atoms with Crippen LogP contribution in [-0.2, 0) is 0 Å². The van der Waals surface area contributed by atoms with Gasteiger partial charge < -0.3 is 0 Å². The molecule has 0 aliphatic rings. The van der Waals surface area contributed by atoms with Crippen LogP contribution < -0.4 is 10.9 Å². The number of nitrogens with one attached hydrogen (secondary N) is 2. The first-order chi connectivity index (χ1) is 12.5. The van der Waals surface area contributed by atoms with Gasteiger partial charge in [0, 0.05) is 23.9 Å². The zero-order valence-electron chi connectivity index (χ0n) is 13.3. The Morgan fingerprint density at radius 1 is 0.962 bits per heavy atom. The molecule has 0 unspecified atom stereocenters. The molecule has 0 bridgehead atoms. The van der Waals surface area contributed by atoms with E-state index < -0.39 is 16.7 Å². The van der Waals surface area contributed by atoms with E-state index in [4.69, 9.17) is 0 Å². The Bertz CT molecular complexity index is 968. The number of aromatic nitrogens is 2. The summed E-state index contributed by atoms with van der Waals surface area (Å²) >= 11 is 0. The van der Waals surface area contributed by atoms with Gasteiger partial charge in [0.1, 0.15) is 0 Å². The van der Waals surface area contributed by atoms with Crippen LogP contribution >= 0.6 is 0 Å². The van der Waals surface area contributed by atoms with E-state index >= 15 is 0 Å². The molecule has 130 valence electrons. The Balaban J connectivity index is 1.64. The standard InChI is InChI=1S/C17H13N5O4/c23-16(12-5-4-8-15(9-12)22(25)26)19-20-17(24)13-10-18-21(11-13)14-6-2-1-3-7-14/h1-11H,(H,19,23)(H,20,24). The third-order valence-corrected chi connectivity index (χ3v) is 3.47. The minimum atomic E-state index is -0.669. The lowest BCUT2D eigenvalue weighted by Gasteiger charge is -2.06. The molecular weight excluding hydrogens is 338 g/mol. The number of nitro benzene ring substituents is 1. The summed E-state index contributed by atoms with van der Waals surface area (Å²) in [7, 11) is 0. The van der Waals surface area contributed by atoms with Crippen molar-refractivity contribution in [1.82, 2.24) is 20.6 Å². The summed E-state index contributed by atoms with van der Waals surface area (Å²) < 4.78 is 1.53. The van der Waals surface area contributed by atoms with Gasteiger partial charge in [-0.15, -0.1) is 0 Å². The van der Waals surface area contributed by atoms with Crippen molar-refractivity contribution in [2.24, 2.45) is 0 Å². The molecule has 1 heterocycles. The number of rotatable bonds is 4. The lowest BCUT2D eigenvalue weighted by molar-refractivity contribution is -0.384. The van der Waals surface area contributed by atoms with Crippen molar-refractivity contribution in [1.29, 1.82) is 0 Å². The van der Waals surface area contributed by atoms with Gasteiger partial charge in [-0.2, -0.15) is 5.10 Å². The topological polar surface area (TPSA) is 119 Å². The molecule has 1 aromatic heterocycles. The Hall–Kier alpha value is -4.01. The second kappa shape index (κ2) is 7.26. The Kier molecular flexibility index (Phi) is 4.70. The van der Waals surface area contributed by atoms with E-state index in [9.17, 15) is 19.7 Å². The fourth-order valence-corrected chi connectivity index (χ4v) is 2.18. The molecule has 2 amide bonds. The van der Waals surface area contributed by atoms with Gasteiger partial charge in [0.25, 0.3) is 17.5 Å². The number of hydrogen-bond donors (Lipinski definition) is 2. The maximum atomic E-state index is 12.1. The van der Waals surface area contributed by atoms with E-state index in [2.05, 4.69) is 16.0 Å². The minimum absolute atomic E-state index is 0.0551. The smallest absolute Gasteiger partial charge is 0.267 e. The summed E-state index contributed by atoms with van der Waals surface area (Å²) in [6.07, 6.45) is 2.88. The van der Waals surface area contributed by atoms with Crippen LogP contribution in [0.15, 0.2) is 67.0 Å². The Morgan fingerprint density at radius 3 is 2.35 bits per heavy atom. The highest BCUT2D eigenvalue weighted by molar-refractivity contribution is 5.99. The van der Waals surface area contributed by atoms with Crippen LogP contribution in [0.25, 0.3) is 5.69 Å². The van der Waals surface area contributed by atoms with Crippen molar-refractivity contribution in [3.63, 3.8) is 0 Å². The second-order valence-corrected chi connectivity index (χ2v) is 5.22.